The van der Waals surface area contributed by atoms with Crippen LogP contribution in [0.15, 0.2) is 40.8 Å². The Morgan fingerprint density at radius 2 is 2.04 bits per heavy atom. The fraction of sp³-hybridized carbons (Fsp3) is 0.421. The van der Waals surface area contributed by atoms with E-state index in [0.717, 1.165) is 36.7 Å². The largest absolute Gasteiger partial charge is 0.425 e. The number of benzene rings is 1. The number of pyridine rings is 1. The summed E-state index contributed by atoms with van der Waals surface area (Å²) in [6, 6.07) is 12.5. The molecule has 5 rings (SSSR count). The number of nitrogens with zero attached hydrogens (tertiary/aromatic N) is 4. The Balaban J connectivity index is 1.31. The van der Waals surface area contributed by atoms with Crippen LogP contribution in [0.5, 0.6) is 0 Å². The molecule has 0 bridgehead atoms. The van der Waals surface area contributed by atoms with Crippen molar-refractivity contribution in [2.45, 2.75) is 25.5 Å². The summed E-state index contributed by atoms with van der Waals surface area (Å²) < 4.78 is 11.6. The van der Waals surface area contributed by atoms with E-state index in [1.165, 1.54) is 5.39 Å². The summed E-state index contributed by atoms with van der Waals surface area (Å²) in [5, 5.41) is 9.35. The van der Waals surface area contributed by atoms with Gasteiger partial charge in [-0.3, -0.25) is 9.88 Å². The van der Waals surface area contributed by atoms with Crippen molar-refractivity contribution in [3.8, 4) is 0 Å². The van der Waals surface area contributed by atoms with Crippen molar-refractivity contribution in [1.82, 2.24) is 20.1 Å². The highest BCUT2D eigenvalue weighted by molar-refractivity contribution is 5.78. The molecule has 2 fully saturated rings. The van der Waals surface area contributed by atoms with Crippen LogP contribution >= 0.6 is 0 Å². The molecule has 3 aromatic rings. The third kappa shape index (κ3) is 2.71. The van der Waals surface area contributed by atoms with Crippen LogP contribution in [0.2, 0.25) is 0 Å². The Morgan fingerprint density at radius 3 is 2.92 bits per heavy atom. The highest BCUT2D eigenvalue weighted by Gasteiger charge is 2.46. The van der Waals surface area contributed by atoms with Crippen LogP contribution < -0.4 is 0 Å². The summed E-state index contributed by atoms with van der Waals surface area (Å²) >= 11 is 0. The second-order valence-corrected chi connectivity index (χ2v) is 6.99. The Morgan fingerprint density at radius 1 is 1.12 bits per heavy atom. The van der Waals surface area contributed by atoms with Crippen LogP contribution in [-0.2, 0) is 11.3 Å². The van der Waals surface area contributed by atoms with Gasteiger partial charge in [0.25, 0.3) is 0 Å². The van der Waals surface area contributed by atoms with Crippen molar-refractivity contribution in [2.75, 3.05) is 19.7 Å². The minimum atomic E-state index is 0.209. The van der Waals surface area contributed by atoms with Gasteiger partial charge in [-0.05, 0) is 12.1 Å². The van der Waals surface area contributed by atoms with Gasteiger partial charge in [0.1, 0.15) is 0 Å². The van der Waals surface area contributed by atoms with E-state index in [0.29, 0.717) is 18.4 Å². The molecule has 2 aromatic heterocycles. The molecular weight excluding hydrogens is 316 g/mol. The van der Waals surface area contributed by atoms with Crippen LogP contribution in [0.4, 0.5) is 0 Å². The second kappa shape index (κ2) is 5.89. The lowest BCUT2D eigenvalue weighted by atomic mass is 9.93. The third-order valence-electron chi connectivity index (χ3n) is 5.29. The van der Waals surface area contributed by atoms with E-state index in [1.807, 2.05) is 19.1 Å². The predicted molar refractivity (Wildman–Crippen MR) is 92.0 cm³/mol. The molecule has 6 heteroatoms. The zero-order valence-electron chi connectivity index (χ0n) is 14.1. The standard InChI is InChI=1S/C19H20N4O2/c1-12-21-22-19(25-12)16-11-24-18-10-23(9-15(16)18)8-14-7-6-13-4-2-3-5-17(13)20-14/h2-7,15-16,18H,8-11H2,1H3/t15-,16-,18-/m1/s1. The van der Waals surface area contributed by atoms with Gasteiger partial charge in [-0.25, -0.2) is 0 Å². The van der Waals surface area contributed by atoms with Gasteiger partial charge in [0, 0.05) is 37.9 Å². The molecule has 0 saturated carbocycles. The van der Waals surface area contributed by atoms with Crippen LogP contribution in [0.1, 0.15) is 23.4 Å². The van der Waals surface area contributed by atoms with Gasteiger partial charge in [-0.1, -0.05) is 24.3 Å². The quantitative estimate of drug-likeness (QED) is 0.732. The number of hydrogen-bond acceptors (Lipinski definition) is 6. The molecule has 2 saturated heterocycles. The Hall–Kier alpha value is -2.31. The summed E-state index contributed by atoms with van der Waals surface area (Å²) in [5.74, 6) is 1.96. The Kier molecular flexibility index (Phi) is 3.53. The molecule has 0 spiro atoms. The lowest BCUT2D eigenvalue weighted by Crippen LogP contribution is -2.24. The molecule has 1 aromatic carbocycles. The first-order chi connectivity index (χ1) is 12.3. The van der Waals surface area contributed by atoms with E-state index in [4.69, 9.17) is 14.1 Å². The number of fused-ring (bicyclic) bond motifs is 2. The summed E-state index contributed by atoms with van der Waals surface area (Å²) in [5.41, 5.74) is 2.15. The number of aryl methyl sites for hydroxylation is 1. The smallest absolute Gasteiger partial charge is 0.222 e. The van der Waals surface area contributed by atoms with E-state index in [1.54, 1.807) is 0 Å². The minimum Gasteiger partial charge on any atom is -0.425 e. The van der Waals surface area contributed by atoms with Crippen molar-refractivity contribution in [3.05, 3.63) is 53.9 Å². The van der Waals surface area contributed by atoms with Gasteiger partial charge >= 0.3 is 0 Å². The van der Waals surface area contributed by atoms with Gasteiger partial charge in [0.05, 0.1) is 29.8 Å². The molecule has 2 aliphatic rings. The Labute approximate surface area is 145 Å². The summed E-state index contributed by atoms with van der Waals surface area (Å²) in [6.45, 7) is 5.26. The average Bonchev–Trinajstić information content (AvgIpc) is 3.30. The normalized spacial score (nSPS) is 26.4. The first-order valence-electron chi connectivity index (χ1n) is 8.75. The molecule has 0 unspecified atom stereocenters. The number of aromatic nitrogens is 3. The Bertz CT molecular complexity index is 909. The van der Waals surface area contributed by atoms with Crippen molar-refractivity contribution in [1.29, 1.82) is 0 Å². The number of rotatable bonds is 3. The fourth-order valence-electron chi connectivity index (χ4n) is 4.06. The van der Waals surface area contributed by atoms with Crippen LogP contribution in [0.25, 0.3) is 10.9 Å². The third-order valence-corrected chi connectivity index (χ3v) is 5.29. The second-order valence-electron chi connectivity index (χ2n) is 6.99. The first kappa shape index (κ1) is 15.0. The monoisotopic (exact) mass is 336 g/mol. The first-order valence-corrected chi connectivity index (χ1v) is 8.75. The molecule has 3 atom stereocenters. The van der Waals surface area contributed by atoms with Gasteiger partial charge in [0.15, 0.2) is 0 Å². The van der Waals surface area contributed by atoms with E-state index in [2.05, 4.69) is 39.4 Å². The minimum absolute atomic E-state index is 0.209. The van der Waals surface area contributed by atoms with Crippen molar-refractivity contribution in [2.24, 2.45) is 5.92 Å². The maximum absolute atomic E-state index is 6.00. The molecule has 0 aliphatic carbocycles. The summed E-state index contributed by atoms with van der Waals surface area (Å²) in [6.07, 6.45) is 0.248. The van der Waals surface area contributed by atoms with E-state index >= 15 is 0 Å². The van der Waals surface area contributed by atoms with Gasteiger partial charge in [-0.2, -0.15) is 0 Å². The molecule has 0 amide bonds. The van der Waals surface area contributed by atoms with Gasteiger partial charge in [-0.15, -0.1) is 10.2 Å². The molecule has 128 valence electrons. The predicted octanol–water partition coefficient (Wildman–Crippen LogP) is 2.54. The van der Waals surface area contributed by atoms with Crippen molar-refractivity contribution in [3.63, 3.8) is 0 Å². The molecule has 4 heterocycles. The maximum atomic E-state index is 6.00. The number of para-hydroxylation sites is 1. The highest BCUT2D eigenvalue weighted by atomic mass is 16.5. The van der Waals surface area contributed by atoms with Crippen molar-refractivity contribution < 1.29 is 9.15 Å². The summed E-state index contributed by atoms with van der Waals surface area (Å²) in [7, 11) is 0. The van der Waals surface area contributed by atoms with Gasteiger partial charge in [0.2, 0.25) is 11.8 Å². The van der Waals surface area contributed by atoms with Crippen LogP contribution in [-0.4, -0.2) is 45.9 Å². The number of likely N-dealkylation sites (tertiary alicyclic amines) is 1. The maximum Gasteiger partial charge on any atom is 0.222 e. The molecule has 6 nitrogen and oxygen atoms in total. The highest BCUT2D eigenvalue weighted by Crippen LogP contribution is 2.39. The zero-order valence-corrected chi connectivity index (χ0v) is 14.1. The lowest BCUT2D eigenvalue weighted by Gasteiger charge is -2.18. The molecule has 0 N–H and O–H groups in total. The number of hydrogen-bond donors (Lipinski definition) is 0. The molecular formula is C19H20N4O2. The van der Waals surface area contributed by atoms with Crippen LogP contribution in [0.3, 0.4) is 0 Å². The topological polar surface area (TPSA) is 64.3 Å². The lowest BCUT2D eigenvalue weighted by molar-refractivity contribution is 0.0959. The SMILES string of the molecule is Cc1nnc([C@@H]2CO[C@@H]3CN(Cc4ccc5ccccc5n4)C[C@@H]32)o1. The van der Waals surface area contributed by atoms with E-state index in [9.17, 15) is 0 Å². The zero-order chi connectivity index (χ0) is 16.8. The van der Waals surface area contributed by atoms with Crippen molar-refractivity contribution >= 4 is 10.9 Å². The van der Waals surface area contributed by atoms with Gasteiger partial charge < -0.3 is 9.15 Å². The van der Waals surface area contributed by atoms with Crippen LogP contribution in [0, 0.1) is 12.8 Å². The average molecular weight is 336 g/mol. The van der Waals surface area contributed by atoms with E-state index in [-0.39, 0.29) is 12.0 Å². The molecule has 25 heavy (non-hydrogen) atoms. The number of ether oxygens (including phenoxy) is 1. The summed E-state index contributed by atoms with van der Waals surface area (Å²) in [4.78, 5) is 7.21. The molecule has 0 radical (unpaired) electrons. The molecule has 2 aliphatic heterocycles. The fourth-order valence-corrected chi connectivity index (χ4v) is 4.06. The van der Waals surface area contributed by atoms with E-state index < -0.39 is 0 Å².